The fraction of sp³-hybridized carbons (Fsp3) is 0.476. The first-order valence-corrected chi connectivity index (χ1v) is 12.3. The van der Waals surface area contributed by atoms with Gasteiger partial charge in [-0.2, -0.15) is 16.9 Å². The Bertz CT molecular complexity index is 879. The fourth-order valence-electron chi connectivity index (χ4n) is 3.47. The molecule has 5 nitrogen and oxygen atoms in total. The Labute approximate surface area is 197 Å². The number of benzene rings is 1. The zero-order valence-electron chi connectivity index (χ0n) is 17.1. The number of hydrogen-bond donors (Lipinski definition) is 1. The van der Waals surface area contributed by atoms with Crippen LogP contribution in [0.15, 0.2) is 47.4 Å². The summed E-state index contributed by atoms with van der Waals surface area (Å²) in [6.45, 7) is 6.09. The molecule has 0 unspecified atom stereocenters. The molecule has 1 atom stereocenters. The summed E-state index contributed by atoms with van der Waals surface area (Å²) < 4.78 is 33.7. The summed E-state index contributed by atoms with van der Waals surface area (Å²) in [5.74, 6) is 0.466. The summed E-state index contributed by atoms with van der Waals surface area (Å²) in [6, 6.07) is 6.85. The normalized spacial score (nSPS) is 18.8. The number of sulfonamides is 1. The lowest BCUT2D eigenvalue weighted by Crippen LogP contribution is -2.46. The van der Waals surface area contributed by atoms with Crippen molar-refractivity contribution >= 4 is 57.7 Å². The summed E-state index contributed by atoms with van der Waals surface area (Å²) >= 11 is 9.78. The fourth-order valence-corrected chi connectivity index (χ4v) is 5.69. The number of thiocarbonyl (C=S) groups is 1. The molecule has 0 bridgehead atoms. The molecule has 1 aliphatic carbocycles. The van der Waals surface area contributed by atoms with E-state index in [0.717, 1.165) is 35.5 Å². The molecule has 166 valence electrons. The van der Waals surface area contributed by atoms with Gasteiger partial charge in [0, 0.05) is 49.3 Å². The number of hydrogen-bond acceptors (Lipinski definition) is 6. The Morgan fingerprint density at radius 3 is 2.50 bits per heavy atom. The van der Waals surface area contributed by atoms with E-state index in [1.54, 1.807) is 16.4 Å². The Hall–Kier alpha value is -0.740. The molecule has 1 saturated heterocycles. The molecule has 9 heteroatoms. The van der Waals surface area contributed by atoms with E-state index in [4.69, 9.17) is 17.0 Å². The molecule has 0 aromatic heterocycles. The second-order valence-electron chi connectivity index (χ2n) is 7.26. The highest BCUT2D eigenvalue weighted by molar-refractivity contribution is 7.89. The summed E-state index contributed by atoms with van der Waals surface area (Å²) in [5.41, 5.74) is 1.93. The van der Waals surface area contributed by atoms with Gasteiger partial charge in [0.2, 0.25) is 10.0 Å². The summed E-state index contributed by atoms with van der Waals surface area (Å²) in [6.07, 6.45) is 6.73. The zero-order valence-corrected chi connectivity index (χ0v) is 20.4. The number of thiol groups is 1. The van der Waals surface area contributed by atoms with E-state index >= 15 is 0 Å². The van der Waals surface area contributed by atoms with Crippen LogP contribution >= 0.6 is 37.3 Å². The van der Waals surface area contributed by atoms with Gasteiger partial charge in [-0.05, 0) is 30.2 Å². The van der Waals surface area contributed by atoms with Crippen molar-refractivity contribution in [1.29, 1.82) is 0 Å². The van der Waals surface area contributed by atoms with E-state index in [1.807, 2.05) is 37.3 Å². The van der Waals surface area contributed by atoms with Crippen molar-refractivity contribution in [3.05, 3.63) is 48.1 Å². The standard InChI is InChI=1S/C21H28N2O3S3.ClH/c1-17(16-27)23(11-10-22-12-14-26-15-13-22)29(24,25)19-8-6-18(7-9-19)20-4-2-3-5-21(20)28;/h2-4,6-9,17,27H,5,10-16H2,1H3;1H/t17-;/m1./s1. The second kappa shape index (κ2) is 11.8. The quantitative estimate of drug-likeness (QED) is 0.448. The Balaban J connectivity index is 0.00000320. The largest absolute Gasteiger partial charge is 0.379 e. The van der Waals surface area contributed by atoms with Gasteiger partial charge in [0.15, 0.2) is 0 Å². The number of morpholine rings is 1. The molecule has 1 aromatic rings. The van der Waals surface area contributed by atoms with Crippen LogP contribution in [0.3, 0.4) is 0 Å². The number of ether oxygens (including phenoxy) is 1. The van der Waals surface area contributed by atoms with Crippen LogP contribution in [0.25, 0.3) is 5.57 Å². The monoisotopic (exact) mass is 488 g/mol. The van der Waals surface area contributed by atoms with E-state index in [1.165, 1.54) is 0 Å². The molecule has 1 fully saturated rings. The first kappa shape index (κ1) is 25.5. The minimum atomic E-state index is -3.61. The molecule has 0 radical (unpaired) electrons. The average Bonchev–Trinajstić information content (AvgIpc) is 2.74. The van der Waals surface area contributed by atoms with Crippen molar-refractivity contribution < 1.29 is 13.2 Å². The van der Waals surface area contributed by atoms with Crippen molar-refractivity contribution in [1.82, 2.24) is 9.21 Å². The van der Waals surface area contributed by atoms with Crippen LogP contribution in [0.5, 0.6) is 0 Å². The van der Waals surface area contributed by atoms with Crippen molar-refractivity contribution in [3.63, 3.8) is 0 Å². The van der Waals surface area contributed by atoms with E-state index in [0.29, 0.717) is 37.0 Å². The maximum atomic E-state index is 13.4. The second-order valence-corrected chi connectivity index (χ2v) is 10.0. The minimum Gasteiger partial charge on any atom is -0.379 e. The first-order valence-electron chi connectivity index (χ1n) is 9.86. The highest BCUT2D eigenvalue weighted by Gasteiger charge is 2.29. The van der Waals surface area contributed by atoms with Gasteiger partial charge in [-0.3, -0.25) is 4.90 Å². The van der Waals surface area contributed by atoms with Crippen LogP contribution < -0.4 is 0 Å². The third kappa shape index (κ3) is 6.16. The van der Waals surface area contributed by atoms with Gasteiger partial charge >= 0.3 is 0 Å². The van der Waals surface area contributed by atoms with Gasteiger partial charge in [-0.25, -0.2) is 8.42 Å². The number of nitrogens with zero attached hydrogens (tertiary/aromatic N) is 2. The molecule has 2 aliphatic rings. The number of halogens is 1. The average molecular weight is 489 g/mol. The number of allylic oxidation sites excluding steroid dienone is 4. The van der Waals surface area contributed by atoms with Gasteiger partial charge in [0.1, 0.15) is 0 Å². The molecule has 1 aliphatic heterocycles. The van der Waals surface area contributed by atoms with Crippen molar-refractivity contribution in [2.45, 2.75) is 24.3 Å². The molecule has 1 heterocycles. The lowest BCUT2D eigenvalue weighted by molar-refractivity contribution is 0.0357. The molecule has 1 aromatic carbocycles. The third-order valence-corrected chi connectivity index (χ3v) is 8.21. The molecule has 30 heavy (non-hydrogen) atoms. The highest BCUT2D eigenvalue weighted by Crippen LogP contribution is 2.25. The van der Waals surface area contributed by atoms with Crippen LogP contribution in [0.4, 0.5) is 0 Å². The third-order valence-electron chi connectivity index (χ3n) is 5.27. The molecular formula is C21H29ClN2O3S3. The minimum absolute atomic E-state index is 0. The SMILES string of the molecule is C[C@H](CS)N(CCN1CCOCC1)S(=O)(=O)c1ccc(C2=CC=CCC2=S)cc1.Cl. The number of rotatable bonds is 8. The lowest BCUT2D eigenvalue weighted by atomic mass is 9.97. The molecule has 0 spiro atoms. The maximum Gasteiger partial charge on any atom is 0.243 e. The van der Waals surface area contributed by atoms with E-state index in [2.05, 4.69) is 17.5 Å². The molecular weight excluding hydrogens is 460 g/mol. The zero-order chi connectivity index (χ0) is 20.9. The van der Waals surface area contributed by atoms with Gasteiger partial charge in [0.25, 0.3) is 0 Å². The van der Waals surface area contributed by atoms with Gasteiger partial charge in [-0.1, -0.05) is 42.6 Å². The van der Waals surface area contributed by atoms with E-state index in [-0.39, 0.29) is 18.4 Å². The Morgan fingerprint density at radius 1 is 1.23 bits per heavy atom. The molecule has 0 N–H and O–H groups in total. The first-order chi connectivity index (χ1) is 13.9. The molecule has 3 rings (SSSR count). The Morgan fingerprint density at radius 2 is 1.90 bits per heavy atom. The van der Waals surface area contributed by atoms with E-state index < -0.39 is 10.0 Å². The van der Waals surface area contributed by atoms with E-state index in [9.17, 15) is 8.42 Å². The summed E-state index contributed by atoms with van der Waals surface area (Å²) in [5, 5.41) is 0. The smallest absolute Gasteiger partial charge is 0.243 e. The Kier molecular flexibility index (Phi) is 10.0. The van der Waals surface area contributed by atoms with Crippen LogP contribution in [0, 0.1) is 0 Å². The predicted octanol–water partition coefficient (Wildman–Crippen LogP) is 3.46. The van der Waals surface area contributed by atoms with Crippen LogP contribution in [0.2, 0.25) is 0 Å². The highest BCUT2D eigenvalue weighted by atomic mass is 35.5. The summed E-state index contributed by atoms with van der Waals surface area (Å²) in [7, 11) is -3.61. The molecule has 0 saturated carbocycles. The summed E-state index contributed by atoms with van der Waals surface area (Å²) in [4.78, 5) is 3.42. The maximum absolute atomic E-state index is 13.4. The lowest BCUT2D eigenvalue weighted by Gasteiger charge is -2.32. The van der Waals surface area contributed by atoms with Crippen LogP contribution in [-0.2, 0) is 14.8 Å². The van der Waals surface area contributed by atoms with Crippen molar-refractivity contribution in [3.8, 4) is 0 Å². The topological polar surface area (TPSA) is 49.9 Å². The van der Waals surface area contributed by atoms with Gasteiger partial charge in [-0.15, -0.1) is 12.4 Å². The van der Waals surface area contributed by atoms with Crippen LogP contribution in [-0.4, -0.2) is 73.7 Å². The van der Waals surface area contributed by atoms with Crippen molar-refractivity contribution in [2.75, 3.05) is 45.1 Å². The van der Waals surface area contributed by atoms with Gasteiger partial charge < -0.3 is 4.74 Å². The van der Waals surface area contributed by atoms with Crippen LogP contribution in [0.1, 0.15) is 18.9 Å². The predicted molar refractivity (Wildman–Crippen MR) is 132 cm³/mol. The van der Waals surface area contributed by atoms with Crippen molar-refractivity contribution in [2.24, 2.45) is 0 Å². The van der Waals surface area contributed by atoms with Gasteiger partial charge in [0.05, 0.1) is 18.1 Å². The molecule has 0 amide bonds.